The SMILES string of the molecule is O=S(=O)(Cc1ccccc1)Oc1cc(O)cc(O)c1. The summed E-state index contributed by atoms with van der Waals surface area (Å²) in [6, 6.07) is 11.9. The molecule has 0 amide bonds. The highest BCUT2D eigenvalue weighted by Crippen LogP contribution is 2.27. The molecular formula is C13H12O5S. The zero-order valence-corrected chi connectivity index (χ0v) is 10.7. The fraction of sp³-hybridized carbons (Fsp3) is 0.0769. The van der Waals surface area contributed by atoms with E-state index in [9.17, 15) is 18.6 Å². The van der Waals surface area contributed by atoms with E-state index in [-0.39, 0.29) is 23.0 Å². The lowest BCUT2D eigenvalue weighted by Gasteiger charge is -2.07. The van der Waals surface area contributed by atoms with Crippen LogP contribution < -0.4 is 4.18 Å². The van der Waals surface area contributed by atoms with Crippen LogP contribution in [0.3, 0.4) is 0 Å². The Morgan fingerprint density at radius 3 is 2.11 bits per heavy atom. The second-order valence-corrected chi connectivity index (χ2v) is 5.53. The quantitative estimate of drug-likeness (QED) is 0.837. The Kier molecular flexibility index (Phi) is 3.62. The van der Waals surface area contributed by atoms with E-state index in [0.29, 0.717) is 5.56 Å². The van der Waals surface area contributed by atoms with E-state index >= 15 is 0 Å². The Balaban J connectivity index is 2.17. The van der Waals surface area contributed by atoms with E-state index in [1.54, 1.807) is 30.3 Å². The fourth-order valence-electron chi connectivity index (χ4n) is 1.57. The van der Waals surface area contributed by atoms with E-state index in [1.807, 2.05) is 0 Å². The standard InChI is InChI=1S/C13H12O5S/c14-11-6-12(15)8-13(7-11)18-19(16,17)9-10-4-2-1-3-5-10/h1-8,14-15H,9H2. The second kappa shape index (κ2) is 5.19. The van der Waals surface area contributed by atoms with E-state index in [1.165, 1.54) is 0 Å². The van der Waals surface area contributed by atoms with Crippen molar-refractivity contribution in [1.29, 1.82) is 0 Å². The highest BCUT2D eigenvalue weighted by molar-refractivity contribution is 7.86. The molecule has 0 aliphatic carbocycles. The van der Waals surface area contributed by atoms with Crippen LogP contribution in [0.1, 0.15) is 5.56 Å². The number of rotatable bonds is 4. The molecule has 0 saturated carbocycles. The Labute approximate surface area is 110 Å². The van der Waals surface area contributed by atoms with Crippen LogP contribution >= 0.6 is 0 Å². The van der Waals surface area contributed by atoms with Crippen molar-refractivity contribution in [2.45, 2.75) is 5.75 Å². The normalized spacial score (nSPS) is 11.2. The number of phenolic OH excluding ortho intramolecular Hbond substituents is 2. The Hall–Kier alpha value is -2.21. The Morgan fingerprint density at radius 1 is 0.947 bits per heavy atom. The smallest absolute Gasteiger partial charge is 0.313 e. The maximum Gasteiger partial charge on any atom is 0.313 e. The van der Waals surface area contributed by atoms with Crippen molar-refractivity contribution in [1.82, 2.24) is 0 Å². The van der Waals surface area contributed by atoms with Gasteiger partial charge in [-0.25, -0.2) is 0 Å². The third-order valence-corrected chi connectivity index (χ3v) is 3.42. The molecule has 2 aromatic carbocycles. The van der Waals surface area contributed by atoms with Crippen LogP contribution in [0.25, 0.3) is 0 Å². The van der Waals surface area contributed by atoms with Gasteiger partial charge in [-0.3, -0.25) is 0 Å². The van der Waals surface area contributed by atoms with Gasteiger partial charge in [0.25, 0.3) is 0 Å². The molecule has 0 saturated heterocycles. The molecule has 100 valence electrons. The zero-order valence-electron chi connectivity index (χ0n) is 9.85. The summed E-state index contributed by atoms with van der Waals surface area (Å²) in [5.74, 6) is -0.965. The molecule has 0 unspecified atom stereocenters. The molecule has 0 spiro atoms. The summed E-state index contributed by atoms with van der Waals surface area (Å²) >= 11 is 0. The minimum absolute atomic E-state index is 0.131. The van der Waals surface area contributed by atoms with Crippen LogP contribution in [0.4, 0.5) is 0 Å². The third kappa shape index (κ3) is 3.89. The minimum atomic E-state index is -3.84. The average Bonchev–Trinajstić information content (AvgIpc) is 2.27. The molecule has 6 heteroatoms. The van der Waals surface area contributed by atoms with Gasteiger partial charge >= 0.3 is 10.1 Å². The Morgan fingerprint density at radius 2 is 1.53 bits per heavy atom. The van der Waals surface area contributed by atoms with Crippen molar-refractivity contribution in [2.24, 2.45) is 0 Å². The zero-order chi connectivity index (χ0) is 13.9. The van der Waals surface area contributed by atoms with Crippen LogP contribution in [0.2, 0.25) is 0 Å². The molecule has 0 aromatic heterocycles. The summed E-state index contributed by atoms with van der Waals surface area (Å²) in [6.07, 6.45) is 0. The summed E-state index contributed by atoms with van der Waals surface area (Å²) < 4.78 is 28.4. The average molecular weight is 280 g/mol. The molecule has 19 heavy (non-hydrogen) atoms. The van der Waals surface area contributed by atoms with Gasteiger partial charge in [0, 0.05) is 18.2 Å². The lowest BCUT2D eigenvalue weighted by molar-refractivity contribution is 0.439. The number of phenols is 2. The first-order chi connectivity index (χ1) is 8.94. The van der Waals surface area contributed by atoms with Gasteiger partial charge in [0.2, 0.25) is 0 Å². The van der Waals surface area contributed by atoms with Gasteiger partial charge in [-0.2, -0.15) is 8.42 Å². The van der Waals surface area contributed by atoms with Gasteiger partial charge < -0.3 is 14.4 Å². The number of aromatic hydroxyl groups is 2. The summed E-state index contributed by atoms with van der Waals surface area (Å²) in [6.45, 7) is 0. The lowest BCUT2D eigenvalue weighted by Crippen LogP contribution is -2.11. The van der Waals surface area contributed by atoms with Crippen LogP contribution in [0.5, 0.6) is 17.2 Å². The molecule has 0 atom stereocenters. The van der Waals surface area contributed by atoms with Crippen molar-refractivity contribution >= 4 is 10.1 Å². The maximum absolute atomic E-state index is 11.8. The van der Waals surface area contributed by atoms with Crippen LogP contribution in [0.15, 0.2) is 48.5 Å². The van der Waals surface area contributed by atoms with E-state index in [4.69, 9.17) is 4.18 Å². The summed E-state index contributed by atoms with van der Waals surface area (Å²) in [4.78, 5) is 0. The van der Waals surface area contributed by atoms with Crippen LogP contribution in [0, 0.1) is 0 Å². The number of benzene rings is 2. The molecule has 0 aliphatic rings. The van der Waals surface area contributed by atoms with Crippen molar-refractivity contribution in [3.8, 4) is 17.2 Å². The Bertz CT molecular complexity index is 644. The first-order valence-corrected chi connectivity index (χ1v) is 7.01. The molecule has 0 radical (unpaired) electrons. The topological polar surface area (TPSA) is 83.8 Å². The lowest BCUT2D eigenvalue weighted by atomic mass is 10.2. The maximum atomic E-state index is 11.8. The van der Waals surface area contributed by atoms with Crippen molar-refractivity contribution in [3.63, 3.8) is 0 Å². The summed E-state index contributed by atoms with van der Waals surface area (Å²) in [5.41, 5.74) is 0.590. The van der Waals surface area contributed by atoms with E-state index in [2.05, 4.69) is 0 Å². The monoisotopic (exact) mass is 280 g/mol. The molecule has 2 rings (SSSR count). The van der Waals surface area contributed by atoms with Gasteiger partial charge in [0.1, 0.15) is 23.0 Å². The molecule has 2 aromatic rings. The van der Waals surface area contributed by atoms with Crippen molar-refractivity contribution in [2.75, 3.05) is 0 Å². The van der Waals surface area contributed by atoms with Gasteiger partial charge in [0.05, 0.1) is 0 Å². The fourth-order valence-corrected chi connectivity index (χ4v) is 2.62. The second-order valence-electron chi connectivity index (χ2n) is 3.96. The predicted octanol–water partition coefficient (Wildman–Crippen LogP) is 2.01. The molecule has 5 nitrogen and oxygen atoms in total. The van der Waals surface area contributed by atoms with Crippen LogP contribution in [-0.2, 0) is 15.9 Å². The molecule has 2 N–H and O–H groups in total. The molecule has 0 fully saturated rings. The highest BCUT2D eigenvalue weighted by atomic mass is 32.2. The van der Waals surface area contributed by atoms with Crippen LogP contribution in [-0.4, -0.2) is 18.6 Å². The highest BCUT2D eigenvalue weighted by Gasteiger charge is 2.15. The van der Waals surface area contributed by atoms with Gasteiger partial charge in [-0.05, 0) is 5.56 Å². The third-order valence-electron chi connectivity index (χ3n) is 2.29. The summed E-state index contributed by atoms with van der Waals surface area (Å²) in [7, 11) is -3.84. The number of hydrogen-bond acceptors (Lipinski definition) is 5. The largest absolute Gasteiger partial charge is 0.508 e. The van der Waals surface area contributed by atoms with Gasteiger partial charge in [-0.1, -0.05) is 30.3 Å². The summed E-state index contributed by atoms with van der Waals surface area (Å²) in [5, 5.41) is 18.5. The van der Waals surface area contributed by atoms with Gasteiger partial charge in [0.15, 0.2) is 0 Å². The minimum Gasteiger partial charge on any atom is -0.508 e. The molecule has 0 aliphatic heterocycles. The molecule has 0 heterocycles. The van der Waals surface area contributed by atoms with E-state index in [0.717, 1.165) is 18.2 Å². The molecular weight excluding hydrogens is 268 g/mol. The first kappa shape index (κ1) is 13.2. The first-order valence-electron chi connectivity index (χ1n) is 5.44. The predicted molar refractivity (Wildman–Crippen MR) is 69.5 cm³/mol. The van der Waals surface area contributed by atoms with Gasteiger partial charge in [-0.15, -0.1) is 0 Å². The van der Waals surface area contributed by atoms with Crippen molar-refractivity contribution < 1.29 is 22.8 Å². The van der Waals surface area contributed by atoms with E-state index < -0.39 is 10.1 Å². The van der Waals surface area contributed by atoms with Crippen molar-refractivity contribution in [3.05, 3.63) is 54.1 Å². The molecule has 0 bridgehead atoms. The number of hydrogen-bond donors (Lipinski definition) is 2.